The Morgan fingerprint density at radius 3 is 2.51 bits per heavy atom. The number of methoxy groups -OCH3 is 1. The summed E-state index contributed by atoms with van der Waals surface area (Å²) >= 11 is 0. The van der Waals surface area contributed by atoms with Gasteiger partial charge in [0.1, 0.15) is 16.8 Å². The van der Waals surface area contributed by atoms with Crippen LogP contribution in [0.5, 0.6) is 0 Å². The van der Waals surface area contributed by atoms with E-state index in [0.717, 1.165) is 28.6 Å². The van der Waals surface area contributed by atoms with Gasteiger partial charge >= 0.3 is 0 Å². The van der Waals surface area contributed by atoms with E-state index in [2.05, 4.69) is 10.0 Å². The Balaban J connectivity index is 1.58. The van der Waals surface area contributed by atoms with E-state index < -0.39 is 32.7 Å². The van der Waals surface area contributed by atoms with E-state index in [-0.39, 0.29) is 6.42 Å². The highest BCUT2D eigenvalue weighted by Gasteiger charge is 2.28. The number of fused-ring (bicyclic) bond motifs is 1. The molecule has 7 nitrogen and oxygen atoms in total. The highest BCUT2D eigenvalue weighted by Crippen LogP contribution is 2.22. The lowest BCUT2D eigenvalue weighted by Crippen LogP contribution is -2.45. The first-order valence-corrected chi connectivity index (χ1v) is 12.6. The van der Waals surface area contributed by atoms with Crippen LogP contribution in [0, 0.1) is 5.82 Å². The van der Waals surface area contributed by atoms with E-state index in [1.54, 1.807) is 37.4 Å². The third kappa shape index (κ3) is 5.94. The van der Waals surface area contributed by atoms with E-state index in [1.165, 1.54) is 12.1 Å². The molecule has 0 aliphatic rings. The molecular weight excluding hydrogens is 469 g/mol. The highest BCUT2D eigenvalue weighted by atomic mass is 32.2. The molecule has 0 saturated carbocycles. The Kier molecular flexibility index (Phi) is 7.60. The molecule has 0 aliphatic carbocycles. The summed E-state index contributed by atoms with van der Waals surface area (Å²) in [7, 11) is -2.64. The van der Waals surface area contributed by atoms with Crippen molar-refractivity contribution in [3.05, 3.63) is 96.4 Å². The summed E-state index contributed by atoms with van der Waals surface area (Å²) in [6.45, 7) is 1.27. The van der Waals surface area contributed by atoms with Crippen LogP contribution < -0.4 is 10.0 Å². The molecule has 0 radical (unpaired) electrons. The maximum Gasteiger partial charge on any atom is 0.244 e. The number of anilines is 1. The van der Waals surface area contributed by atoms with Gasteiger partial charge in [0.05, 0.1) is 6.61 Å². The molecule has 1 amide bonds. The third-order valence-corrected chi connectivity index (χ3v) is 7.10. The number of carbonyl (C=O) groups is 1. The van der Waals surface area contributed by atoms with E-state index in [4.69, 9.17) is 4.74 Å². The maximum atomic E-state index is 14.2. The minimum absolute atomic E-state index is 0.0932. The second kappa shape index (κ2) is 10.8. The van der Waals surface area contributed by atoms with Crippen LogP contribution in [0.3, 0.4) is 0 Å². The monoisotopic (exact) mass is 495 g/mol. The van der Waals surface area contributed by atoms with Crippen molar-refractivity contribution in [2.75, 3.05) is 19.0 Å². The van der Waals surface area contributed by atoms with Crippen molar-refractivity contribution in [1.82, 2.24) is 9.29 Å². The largest absolute Gasteiger partial charge is 0.383 e. The summed E-state index contributed by atoms with van der Waals surface area (Å²) in [5, 5.41) is 3.72. The van der Waals surface area contributed by atoms with Gasteiger partial charge in [-0.2, -0.15) is 4.72 Å². The highest BCUT2D eigenvalue weighted by molar-refractivity contribution is 7.89. The quantitative estimate of drug-likeness (QED) is 0.349. The smallest absolute Gasteiger partial charge is 0.244 e. The first-order valence-electron chi connectivity index (χ1n) is 11.1. The number of benzene rings is 3. The number of nitrogens with zero attached hydrogens (tertiary/aromatic N) is 1. The van der Waals surface area contributed by atoms with Crippen LogP contribution in [-0.4, -0.2) is 38.7 Å². The number of ether oxygens (including phenoxy) is 1. The first kappa shape index (κ1) is 24.6. The molecule has 4 aromatic rings. The van der Waals surface area contributed by atoms with E-state index in [0.29, 0.717) is 18.8 Å². The van der Waals surface area contributed by atoms with Gasteiger partial charge in [0, 0.05) is 36.4 Å². The number of amides is 1. The molecule has 0 aliphatic heterocycles. The molecular formula is C26H26FN3O4S. The maximum absolute atomic E-state index is 14.2. The molecule has 0 saturated heterocycles. The van der Waals surface area contributed by atoms with E-state index in [1.807, 2.05) is 35.0 Å². The number of aromatic nitrogens is 1. The van der Waals surface area contributed by atoms with Gasteiger partial charge in [-0.25, -0.2) is 12.8 Å². The van der Waals surface area contributed by atoms with Gasteiger partial charge in [-0.1, -0.05) is 42.5 Å². The number of sulfonamides is 1. The molecule has 1 heterocycles. The lowest BCUT2D eigenvalue weighted by molar-refractivity contribution is -0.117. The lowest BCUT2D eigenvalue weighted by atomic mass is 10.1. The van der Waals surface area contributed by atoms with Crippen LogP contribution in [0.15, 0.2) is 90.0 Å². The summed E-state index contributed by atoms with van der Waals surface area (Å²) in [5.41, 5.74) is 2.27. The van der Waals surface area contributed by atoms with Crippen molar-refractivity contribution in [2.24, 2.45) is 0 Å². The van der Waals surface area contributed by atoms with Crippen LogP contribution in [0.4, 0.5) is 10.1 Å². The molecule has 0 bridgehead atoms. The SMILES string of the molecule is COCCn1ccc2cc(NC(=O)C(Cc3ccccc3)NS(=O)(=O)c3ccccc3F)ccc21. The van der Waals surface area contributed by atoms with Gasteiger partial charge in [0.25, 0.3) is 0 Å². The molecule has 9 heteroatoms. The summed E-state index contributed by atoms with van der Waals surface area (Å²) in [6, 6.07) is 20.3. The van der Waals surface area contributed by atoms with Crippen molar-refractivity contribution in [3.63, 3.8) is 0 Å². The Labute approximate surface area is 203 Å². The van der Waals surface area contributed by atoms with Gasteiger partial charge in [-0.3, -0.25) is 4.79 Å². The van der Waals surface area contributed by atoms with Crippen molar-refractivity contribution in [3.8, 4) is 0 Å². The molecule has 4 rings (SSSR count). The second-order valence-electron chi connectivity index (χ2n) is 8.06. The number of carbonyl (C=O) groups excluding carboxylic acids is 1. The zero-order chi connectivity index (χ0) is 24.8. The van der Waals surface area contributed by atoms with Gasteiger partial charge < -0.3 is 14.6 Å². The predicted molar refractivity (Wildman–Crippen MR) is 133 cm³/mol. The molecule has 1 aromatic heterocycles. The summed E-state index contributed by atoms with van der Waals surface area (Å²) in [6.07, 6.45) is 2.03. The minimum atomic E-state index is -4.29. The fourth-order valence-electron chi connectivity index (χ4n) is 3.84. The summed E-state index contributed by atoms with van der Waals surface area (Å²) in [4.78, 5) is 12.7. The zero-order valence-corrected chi connectivity index (χ0v) is 20.0. The average molecular weight is 496 g/mol. The molecule has 1 atom stereocenters. The third-order valence-electron chi connectivity index (χ3n) is 5.60. The van der Waals surface area contributed by atoms with Crippen molar-refractivity contribution in [2.45, 2.75) is 23.9 Å². The second-order valence-corrected chi connectivity index (χ2v) is 9.74. The molecule has 182 valence electrons. The fourth-order valence-corrected chi connectivity index (χ4v) is 5.12. The zero-order valence-electron chi connectivity index (χ0n) is 19.1. The lowest BCUT2D eigenvalue weighted by Gasteiger charge is -2.19. The predicted octanol–water partition coefficient (Wildman–Crippen LogP) is 3.96. The van der Waals surface area contributed by atoms with Gasteiger partial charge in [0.15, 0.2) is 0 Å². The van der Waals surface area contributed by atoms with Gasteiger partial charge in [-0.15, -0.1) is 0 Å². The Morgan fingerprint density at radius 2 is 1.77 bits per heavy atom. The van der Waals surface area contributed by atoms with Gasteiger partial charge in [0.2, 0.25) is 15.9 Å². The van der Waals surface area contributed by atoms with E-state index in [9.17, 15) is 17.6 Å². The molecule has 1 unspecified atom stereocenters. The van der Waals surface area contributed by atoms with Crippen molar-refractivity contribution in [1.29, 1.82) is 0 Å². The topological polar surface area (TPSA) is 89.4 Å². The summed E-state index contributed by atoms with van der Waals surface area (Å²) in [5.74, 6) is -1.44. The number of hydrogen-bond donors (Lipinski definition) is 2. The van der Waals surface area contributed by atoms with Crippen molar-refractivity contribution >= 4 is 32.5 Å². The number of rotatable bonds is 10. The number of hydrogen-bond acceptors (Lipinski definition) is 4. The molecule has 0 spiro atoms. The minimum Gasteiger partial charge on any atom is -0.383 e. The van der Waals surface area contributed by atoms with Crippen molar-refractivity contribution < 1.29 is 22.3 Å². The molecule has 3 aromatic carbocycles. The van der Waals surface area contributed by atoms with Crippen LogP contribution >= 0.6 is 0 Å². The van der Waals surface area contributed by atoms with Crippen LogP contribution in [0.25, 0.3) is 10.9 Å². The number of halogens is 1. The van der Waals surface area contributed by atoms with Gasteiger partial charge in [-0.05, 0) is 48.4 Å². The Hall–Kier alpha value is -3.53. The first-order chi connectivity index (χ1) is 16.9. The summed E-state index contributed by atoms with van der Waals surface area (Å²) < 4.78 is 49.6. The van der Waals surface area contributed by atoms with Crippen LogP contribution in [0.2, 0.25) is 0 Å². The Bertz CT molecular complexity index is 1420. The normalized spacial score (nSPS) is 12.5. The number of nitrogens with one attached hydrogen (secondary N) is 2. The average Bonchev–Trinajstić information content (AvgIpc) is 3.25. The van der Waals surface area contributed by atoms with Crippen LogP contribution in [0.1, 0.15) is 5.56 Å². The molecule has 2 N–H and O–H groups in total. The Morgan fingerprint density at radius 1 is 1.03 bits per heavy atom. The molecule has 0 fully saturated rings. The molecule has 35 heavy (non-hydrogen) atoms. The fraction of sp³-hybridized carbons (Fsp3) is 0.192. The van der Waals surface area contributed by atoms with Crippen LogP contribution in [-0.2, 0) is 32.5 Å². The van der Waals surface area contributed by atoms with E-state index >= 15 is 0 Å². The standard InChI is InChI=1S/C26H26FN3O4S/c1-34-16-15-30-14-13-20-18-21(11-12-24(20)30)28-26(31)23(17-19-7-3-2-4-8-19)29-35(32,33)25-10-6-5-9-22(25)27/h2-14,18,23,29H,15-17H2,1H3,(H,28,31).